The molecular weight excluding hydrogens is 426 g/mol. The summed E-state index contributed by atoms with van der Waals surface area (Å²) in [4.78, 5) is 25.3. The van der Waals surface area contributed by atoms with Crippen LogP contribution in [-0.4, -0.2) is 50.0 Å². The minimum atomic E-state index is -0.798. The number of Topliss-reactive ketones (excluding diaryl/α,β-unsaturated/α-hetero) is 1. The maximum Gasteiger partial charge on any atom is 0.513 e. The first-order chi connectivity index (χ1) is 16.0. The number of methoxy groups -OCH3 is 2. The van der Waals surface area contributed by atoms with Crippen molar-refractivity contribution in [3.63, 3.8) is 0 Å². The number of nitrogens with zero attached hydrogens (tertiary/aromatic N) is 1. The third-order valence-corrected chi connectivity index (χ3v) is 5.69. The van der Waals surface area contributed by atoms with Gasteiger partial charge in [-0.1, -0.05) is 36.4 Å². The van der Waals surface area contributed by atoms with Crippen LogP contribution in [0.2, 0.25) is 0 Å². The third-order valence-electron chi connectivity index (χ3n) is 5.69. The van der Waals surface area contributed by atoms with E-state index in [0.29, 0.717) is 29.2 Å². The molecule has 1 saturated heterocycles. The molecule has 4 rings (SSSR count). The van der Waals surface area contributed by atoms with Crippen LogP contribution in [0.15, 0.2) is 60.5 Å². The lowest BCUT2D eigenvalue weighted by Gasteiger charge is -2.42. The molecule has 1 fully saturated rings. The molecule has 2 aliphatic heterocycles. The van der Waals surface area contributed by atoms with Crippen LogP contribution in [0.5, 0.6) is 11.5 Å². The number of hydrogen-bond donors (Lipinski definition) is 2. The highest BCUT2D eigenvalue weighted by Gasteiger charge is 2.44. The summed E-state index contributed by atoms with van der Waals surface area (Å²) >= 11 is 0. The molecule has 174 valence electrons. The first kappa shape index (κ1) is 22.6. The molecule has 0 aromatic heterocycles. The highest BCUT2D eigenvalue weighted by atomic mass is 16.7. The zero-order valence-corrected chi connectivity index (χ0v) is 18.7. The van der Waals surface area contributed by atoms with Gasteiger partial charge in [-0.3, -0.25) is 10.1 Å². The van der Waals surface area contributed by atoms with Gasteiger partial charge in [0.05, 0.1) is 39.1 Å². The number of nitrogens with one attached hydrogen (secondary N) is 2. The van der Waals surface area contributed by atoms with E-state index in [9.17, 15) is 9.59 Å². The van der Waals surface area contributed by atoms with Gasteiger partial charge in [-0.2, -0.15) is 5.01 Å². The van der Waals surface area contributed by atoms with Crippen molar-refractivity contribution in [3.8, 4) is 11.5 Å². The van der Waals surface area contributed by atoms with Crippen LogP contribution in [-0.2, 0) is 9.47 Å². The van der Waals surface area contributed by atoms with Crippen LogP contribution < -0.4 is 20.2 Å². The van der Waals surface area contributed by atoms with Gasteiger partial charge in [0, 0.05) is 5.56 Å². The molecule has 2 N–H and O–H groups in total. The van der Waals surface area contributed by atoms with Gasteiger partial charge in [-0.25, -0.2) is 4.79 Å². The van der Waals surface area contributed by atoms with Crippen LogP contribution in [0, 0.1) is 0 Å². The van der Waals surface area contributed by atoms with E-state index >= 15 is 0 Å². The van der Waals surface area contributed by atoms with E-state index in [4.69, 9.17) is 18.9 Å². The standard InChI is InChI=1S/C24H27N3O6/c1-4-32-24(29)33-21-14-25-27-18(16-10-11-19(30-2)20(12-16)31-3)13-17(26-23(21)27)22(28)15-8-6-5-7-9-15/h5-12,14,17-18,23,25-26H,4,13H2,1-3H3. The van der Waals surface area contributed by atoms with Crippen molar-refractivity contribution in [3.05, 3.63) is 71.6 Å². The molecule has 2 aliphatic rings. The Hall–Kier alpha value is -3.56. The second kappa shape index (κ2) is 9.93. The Labute approximate surface area is 192 Å². The minimum absolute atomic E-state index is 0.0388. The average molecular weight is 453 g/mol. The lowest BCUT2D eigenvalue weighted by Crippen LogP contribution is -2.60. The summed E-state index contributed by atoms with van der Waals surface area (Å²) in [7, 11) is 3.16. The van der Waals surface area contributed by atoms with E-state index in [1.54, 1.807) is 39.5 Å². The van der Waals surface area contributed by atoms with Crippen molar-refractivity contribution in [1.82, 2.24) is 15.8 Å². The molecule has 33 heavy (non-hydrogen) atoms. The minimum Gasteiger partial charge on any atom is -0.493 e. The number of benzene rings is 2. The molecule has 2 aromatic carbocycles. The molecule has 0 bridgehead atoms. The Morgan fingerprint density at radius 1 is 1.06 bits per heavy atom. The van der Waals surface area contributed by atoms with Gasteiger partial charge in [0.1, 0.15) is 6.17 Å². The van der Waals surface area contributed by atoms with E-state index in [1.165, 1.54) is 0 Å². The van der Waals surface area contributed by atoms with Crippen molar-refractivity contribution in [2.45, 2.75) is 31.6 Å². The fourth-order valence-corrected chi connectivity index (χ4v) is 4.13. The first-order valence-electron chi connectivity index (χ1n) is 10.7. The number of fused-ring (bicyclic) bond motifs is 1. The molecule has 0 aliphatic carbocycles. The number of hydrogen-bond acceptors (Lipinski definition) is 9. The van der Waals surface area contributed by atoms with E-state index in [-0.39, 0.29) is 18.4 Å². The van der Waals surface area contributed by atoms with Crippen LogP contribution in [0.4, 0.5) is 4.79 Å². The van der Waals surface area contributed by atoms with Gasteiger partial charge in [0.15, 0.2) is 23.0 Å². The Kier molecular flexibility index (Phi) is 6.81. The van der Waals surface area contributed by atoms with Crippen molar-refractivity contribution < 1.29 is 28.5 Å². The van der Waals surface area contributed by atoms with Crippen LogP contribution >= 0.6 is 0 Å². The van der Waals surface area contributed by atoms with Crippen molar-refractivity contribution >= 4 is 11.9 Å². The molecule has 9 heteroatoms. The molecule has 9 nitrogen and oxygen atoms in total. The summed E-state index contributed by atoms with van der Waals surface area (Å²) in [5, 5.41) is 5.23. The monoisotopic (exact) mass is 453 g/mol. The summed E-state index contributed by atoms with van der Waals surface area (Å²) < 4.78 is 21.2. The summed E-state index contributed by atoms with van der Waals surface area (Å²) in [6, 6.07) is 14.0. The number of rotatable bonds is 7. The zero-order chi connectivity index (χ0) is 23.4. The Morgan fingerprint density at radius 2 is 1.82 bits per heavy atom. The Bertz CT molecular complexity index is 1040. The molecule has 3 unspecified atom stereocenters. The van der Waals surface area contributed by atoms with Gasteiger partial charge >= 0.3 is 6.16 Å². The highest BCUT2D eigenvalue weighted by Crippen LogP contribution is 2.38. The van der Waals surface area contributed by atoms with E-state index in [1.807, 2.05) is 41.4 Å². The van der Waals surface area contributed by atoms with Gasteiger partial charge in [-0.15, -0.1) is 0 Å². The van der Waals surface area contributed by atoms with Crippen LogP contribution in [0.25, 0.3) is 0 Å². The molecule has 3 atom stereocenters. The molecule has 2 aromatic rings. The number of ketones is 1. The Balaban J connectivity index is 1.66. The Morgan fingerprint density at radius 3 is 2.52 bits per heavy atom. The van der Waals surface area contributed by atoms with E-state index < -0.39 is 18.4 Å². The number of hydrazine groups is 1. The second-order valence-electron chi connectivity index (χ2n) is 7.59. The predicted octanol–water partition coefficient (Wildman–Crippen LogP) is 3.15. The summed E-state index contributed by atoms with van der Waals surface area (Å²) in [5.74, 6) is 1.49. The fraction of sp³-hybridized carbons (Fsp3) is 0.333. The summed E-state index contributed by atoms with van der Waals surface area (Å²) in [6.07, 6.45) is 0.720. The maximum atomic E-state index is 13.3. The van der Waals surface area contributed by atoms with Gasteiger partial charge in [0.25, 0.3) is 0 Å². The molecule has 0 radical (unpaired) electrons. The molecule has 0 saturated carbocycles. The number of carbonyl (C=O) groups is 2. The van der Waals surface area contributed by atoms with Gasteiger partial charge in [-0.05, 0) is 31.0 Å². The topological polar surface area (TPSA) is 98.4 Å². The second-order valence-corrected chi connectivity index (χ2v) is 7.59. The van der Waals surface area contributed by atoms with E-state index in [2.05, 4.69) is 10.7 Å². The number of ether oxygens (including phenoxy) is 4. The smallest absolute Gasteiger partial charge is 0.493 e. The molecule has 0 amide bonds. The van der Waals surface area contributed by atoms with E-state index in [0.717, 1.165) is 5.56 Å². The summed E-state index contributed by atoms with van der Waals surface area (Å²) in [5.41, 5.74) is 4.69. The van der Waals surface area contributed by atoms with Crippen molar-refractivity contribution in [1.29, 1.82) is 0 Å². The number of carbonyl (C=O) groups excluding carboxylic acids is 2. The lowest BCUT2D eigenvalue weighted by molar-refractivity contribution is 0.0193. The lowest BCUT2D eigenvalue weighted by atomic mass is 9.90. The highest BCUT2D eigenvalue weighted by molar-refractivity contribution is 6.00. The quantitative estimate of drug-likeness (QED) is 0.484. The molecule has 0 spiro atoms. The normalized spacial score (nSPS) is 21.9. The van der Waals surface area contributed by atoms with Crippen molar-refractivity contribution in [2.24, 2.45) is 0 Å². The fourth-order valence-electron chi connectivity index (χ4n) is 4.13. The predicted molar refractivity (Wildman–Crippen MR) is 120 cm³/mol. The third kappa shape index (κ3) is 4.64. The molecular formula is C24H27N3O6. The van der Waals surface area contributed by atoms with Gasteiger partial charge in [0.2, 0.25) is 0 Å². The summed E-state index contributed by atoms with van der Waals surface area (Å²) in [6.45, 7) is 1.90. The van der Waals surface area contributed by atoms with Crippen LogP contribution in [0.1, 0.15) is 35.3 Å². The largest absolute Gasteiger partial charge is 0.513 e. The molecule has 2 heterocycles. The SMILES string of the molecule is CCOC(=O)OC1=CNN2C1NC(C(=O)c1ccccc1)CC2c1ccc(OC)c(OC)c1. The zero-order valence-electron chi connectivity index (χ0n) is 18.7. The van der Waals surface area contributed by atoms with Crippen LogP contribution in [0.3, 0.4) is 0 Å². The maximum absolute atomic E-state index is 13.3. The van der Waals surface area contributed by atoms with Crippen molar-refractivity contribution in [2.75, 3.05) is 20.8 Å². The first-order valence-corrected chi connectivity index (χ1v) is 10.7. The van der Waals surface area contributed by atoms with Gasteiger partial charge < -0.3 is 24.4 Å². The average Bonchev–Trinajstić information content (AvgIpc) is 3.25.